The number of imidazole rings is 1. The lowest BCUT2D eigenvalue weighted by Crippen LogP contribution is -2.24. The van der Waals surface area contributed by atoms with Gasteiger partial charge in [0.2, 0.25) is 0 Å². The number of aromatic nitrogens is 2. The van der Waals surface area contributed by atoms with Crippen LogP contribution in [0.15, 0.2) is 18.5 Å². The Balaban J connectivity index is 2.39. The van der Waals surface area contributed by atoms with Gasteiger partial charge in [-0.15, -0.1) is 11.3 Å². The largest absolute Gasteiger partial charge is 0.334 e. The molecule has 0 aliphatic heterocycles. The number of nitrogens with one attached hydrogen (secondary N) is 1. The summed E-state index contributed by atoms with van der Waals surface area (Å²) in [6, 6.07) is 2.49. The zero-order chi connectivity index (χ0) is 13.1. The third-order valence-corrected chi connectivity index (χ3v) is 4.44. The highest BCUT2D eigenvalue weighted by Gasteiger charge is 2.20. The molecular formula is C14H21N3S. The summed E-state index contributed by atoms with van der Waals surface area (Å²) in [6.07, 6.45) is 3.93. The van der Waals surface area contributed by atoms with Crippen LogP contribution in [0.1, 0.15) is 41.0 Å². The third kappa shape index (κ3) is 2.49. The van der Waals surface area contributed by atoms with Gasteiger partial charge in [-0.2, -0.15) is 0 Å². The molecule has 0 spiro atoms. The van der Waals surface area contributed by atoms with E-state index in [1.165, 1.54) is 15.3 Å². The van der Waals surface area contributed by atoms with Crippen molar-refractivity contribution in [3.63, 3.8) is 0 Å². The molecule has 1 unspecified atom stereocenters. The average Bonchev–Trinajstić information content (AvgIpc) is 2.94. The van der Waals surface area contributed by atoms with Crippen LogP contribution in [-0.4, -0.2) is 16.1 Å². The minimum Gasteiger partial charge on any atom is -0.334 e. The SMILES string of the molecule is CCNC(c1cc(C)c(C)s1)c1nccn1CC. The van der Waals surface area contributed by atoms with E-state index in [1.807, 2.05) is 23.7 Å². The van der Waals surface area contributed by atoms with Crippen LogP contribution in [0.3, 0.4) is 0 Å². The van der Waals surface area contributed by atoms with Crippen LogP contribution in [0, 0.1) is 13.8 Å². The molecule has 98 valence electrons. The van der Waals surface area contributed by atoms with Gasteiger partial charge >= 0.3 is 0 Å². The quantitative estimate of drug-likeness (QED) is 0.897. The molecule has 0 saturated carbocycles. The first-order chi connectivity index (χ1) is 8.67. The van der Waals surface area contributed by atoms with Crippen molar-refractivity contribution in [2.24, 2.45) is 0 Å². The molecular weight excluding hydrogens is 242 g/mol. The summed E-state index contributed by atoms with van der Waals surface area (Å²) in [6.45, 7) is 10.5. The molecule has 3 nitrogen and oxygen atoms in total. The van der Waals surface area contributed by atoms with Crippen molar-refractivity contribution in [3.05, 3.63) is 39.6 Å². The fourth-order valence-corrected chi connectivity index (χ4v) is 3.23. The van der Waals surface area contributed by atoms with E-state index in [1.54, 1.807) is 0 Å². The Labute approximate surface area is 113 Å². The maximum absolute atomic E-state index is 4.53. The molecule has 0 aliphatic rings. The van der Waals surface area contributed by atoms with Gasteiger partial charge in [0.25, 0.3) is 0 Å². The van der Waals surface area contributed by atoms with Gasteiger partial charge in [-0.05, 0) is 38.9 Å². The lowest BCUT2D eigenvalue weighted by atomic mass is 10.2. The van der Waals surface area contributed by atoms with Crippen LogP contribution in [0.25, 0.3) is 0 Å². The van der Waals surface area contributed by atoms with Crippen molar-refractivity contribution in [2.45, 2.75) is 40.3 Å². The Morgan fingerprint density at radius 2 is 2.17 bits per heavy atom. The molecule has 2 heterocycles. The summed E-state index contributed by atoms with van der Waals surface area (Å²) in [5.74, 6) is 1.11. The molecule has 0 amide bonds. The number of aryl methyl sites for hydroxylation is 3. The zero-order valence-electron chi connectivity index (χ0n) is 11.5. The van der Waals surface area contributed by atoms with E-state index >= 15 is 0 Å². The van der Waals surface area contributed by atoms with Gasteiger partial charge in [-0.25, -0.2) is 4.98 Å². The van der Waals surface area contributed by atoms with Crippen molar-refractivity contribution in [1.82, 2.24) is 14.9 Å². The van der Waals surface area contributed by atoms with Crippen molar-refractivity contribution < 1.29 is 0 Å². The Morgan fingerprint density at radius 3 is 2.72 bits per heavy atom. The minimum absolute atomic E-state index is 0.211. The highest BCUT2D eigenvalue weighted by Crippen LogP contribution is 2.30. The molecule has 2 rings (SSSR count). The molecule has 0 aromatic carbocycles. The second-order valence-corrected chi connectivity index (χ2v) is 5.74. The molecule has 0 bridgehead atoms. The topological polar surface area (TPSA) is 29.9 Å². The predicted octanol–water partition coefficient (Wildman–Crippen LogP) is 3.28. The Morgan fingerprint density at radius 1 is 1.39 bits per heavy atom. The first-order valence-electron chi connectivity index (χ1n) is 6.48. The summed E-state index contributed by atoms with van der Waals surface area (Å²) in [5.41, 5.74) is 1.37. The van der Waals surface area contributed by atoms with Crippen LogP contribution in [0.2, 0.25) is 0 Å². The van der Waals surface area contributed by atoms with E-state index in [0.717, 1.165) is 18.9 Å². The fourth-order valence-electron chi connectivity index (χ4n) is 2.12. The van der Waals surface area contributed by atoms with E-state index in [0.29, 0.717) is 0 Å². The molecule has 2 aromatic heterocycles. The molecule has 0 fully saturated rings. The van der Waals surface area contributed by atoms with Crippen molar-refractivity contribution in [2.75, 3.05) is 6.54 Å². The molecule has 4 heteroatoms. The lowest BCUT2D eigenvalue weighted by Gasteiger charge is -2.17. The number of thiophene rings is 1. The number of hydrogen-bond donors (Lipinski definition) is 1. The number of rotatable bonds is 5. The fraction of sp³-hybridized carbons (Fsp3) is 0.500. The van der Waals surface area contributed by atoms with Crippen LogP contribution >= 0.6 is 11.3 Å². The van der Waals surface area contributed by atoms with Crippen molar-refractivity contribution in [3.8, 4) is 0 Å². The second-order valence-electron chi connectivity index (χ2n) is 4.45. The van der Waals surface area contributed by atoms with Gasteiger partial charge in [0.05, 0.1) is 0 Å². The Bertz CT molecular complexity index is 493. The first-order valence-corrected chi connectivity index (χ1v) is 7.30. The van der Waals surface area contributed by atoms with E-state index < -0.39 is 0 Å². The second kappa shape index (κ2) is 5.67. The molecule has 1 N–H and O–H groups in total. The average molecular weight is 263 g/mol. The van der Waals surface area contributed by atoms with Gasteiger partial charge in [0, 0.05) is 28.7 Å². The minimum atomic E-state index is 0.211. The molecule has 18 heavy (non-hydrogen) atoms. The normalized spacial score (nSPS) is 12.9. The third-order valence-electron chi connectivity index (χ3n) is 3.22. The summed E-state index contributed by atoms with van der Waals surface area (Å²) in [4.78, 5) is 7.27. The number of hydrogen-bond acceptors (Lipinski definition) is 3. The van der Waals surface area contributed by atoms with Crippen LogP contribution < -0.4 is 5.32 Å². The highest BCUT2D eigenvalue weighted by molar-refractivity contribution is 7.12. The molecule has 2 aromatic rings. The maximum Gasteiger partial charge on any atom is 0.131 e. The zero-order valence-corrected chi connectivity index (χ0v) is 12.3. The van der Waals surface area contributed by atoms with Crippen LogP contribution in [0.4, 0.5) is 0 Å². The van der Waals surface area contributed by atoms with Crippen molar-refractivity contribution in [1.29, 1.82) is 0 Å². The standard InChI is InChI=1S/C14H21N3S/c1-5-15-13(12-9-10(3)11(4)18-12)14-16-7-8-17(14)6-2/h7-9,13,15H,5-6H2,1-4H3. The van der Waals surface area contributed by atoms with Crippen molar-refractivity contribution >= 4 is 11.3 Å². The van der Waals surface area contributed by atoms with Gasteiger partial charge in [-0.3, -0.25) is 0 Å². The Kier molecular flexibility index (Phi) is 4.19. The molecule has 0 aliphatic carbocycles. The van der Waals surface area contributed by atoms with Crippen LogP contribution in [-0.2, 0) is 6.54 Å². The van der Waals surface area contributed by atoms with Crippen LogP contribution in [0.5, 0.6) is 0 Å². The molecule has 0 saturated heterocycles. The van der Waals surface area contributed by atoms with E-state index in [4.69, 9.17) is 0 Å². The Hall–Kier alpha value is -1.13. The summed E-state index contributed by atoms with van der Waals surface area (Å²) in [7, 11) is 0. The maximum atomic E-state index is 4.53. The van der Waals surface area contributed by atoms with Gasteiger partial charge in [0.1, 0.15) is 11.9 Å². The van der Waals surface area contributed by atoms with Gasteiger partial charge < -0.3 is 9.88 Å². The first kappa shape index (κ1) is 13.3. The van der Waals surface area contributed by atoms with E-state index in [-0.39, 0.29) is 6.04 Å². The monoisotopic (exact) mass is 263 g/mol. The van der Waals surface area contributed by atoms with Gasteiger partial charge in [0.15, 0.2) is 0 Å². The smallest absolute Gasteiger partial charge is 0.131 e. The molecule has 1 atom stereocenters. The summed E-state index contributed by atoms with van der Waals surface area (Å²) >= 11 is 1.86. The summed E-state index contributed by atoms with van der Waals surface area (Å²) < 4.78 is 2.21. The predicted molar refractivity (Wildman–Crippen MR) is 77.2 cm³/mol. The molecule has 0 radical (unpaired) electrons. The number of nitrogens with zero attached hydrogens (tertiary/aromatic N) is 2. The van der Waals surface area contributed by atoms with E-state index in [2.05, 4.69) is 48.6 Å². The summed E-state index contributed by atoms with van der Waals surface area (Å²) in [5, 5.41) is 3.54. The van der Waals surface area contributed by atoms with E-state index in [9.17, 15) is 0 Å². The lowest BCUT2D eigenvalue weighted by molar-refractivity contribution is 0.565. The highest BCUT2D eigenvalue weighted by atomic mass is 32.1. The van der Waals surface area contributed by atoms with Gasteiger partial charge in [-0.1, -0.05) is 6.92 Å².